The Morgan fingerprint density at radius 2 is 1.65 bits per heavy atom. The van der Waals surface area contributed by atoms with E-state index in [1.54, 1.807) is 12.3 Å². The molecule has 0 aliphatic rings. The van der Waals surface area contributed by atoms with Gasteiger partial charge < -0.3 is 5.11 Å². The predicted octanol–water partition coefficient (Wildman–Crippen LogP) is 5.59. The van der Waals surface area contributed by atoms with Gasteiger partial charge in [-0.3, -0.25) is 4.99 Å². The maximum Gasteiger partial charge on any atom is 0.124 e. The summed E-state index contributed by atoms with van der Waals surface area (Å²) in [4.78, 5) is 4.60. The van der Waals surface area contributed by atoms with Crippen molar-refractivity contribution in [1.82, 2.24) is 0 Å². The SMILES string of the molecule is CC(C)(C)c1ccc(O)c(C=Nc2cccc3ccccc23)c1. The van der Waals surface area contributed by atoms with E-state index in [1.807, 2.05) is 36.4 Å². The maximum atomic E-state index is 10.1. The van der Waals surface area contributed by atoms with Crippen LogP contribution in [0.2, 0.25) is 0 Å². The molecule has 0 aliphatic carbocycles. The summed E-state index contributed by atoms with van der Waals surface area (Å²) in [6.45, 7) is 6.47. The first-order chi connectivity index (χ1) is 10.9. The highest BCUT2D eigenvalue weighted by Crippen LogP contribution is 2.28. The average molecular weight is 303 g/mol. The Morgan fingerprint density at radius 3 is 2.43 bits per heavy atom. The highest BCUT2D eigenvalue weighted by molar-refractivity contribution is 5.95. The van der Waals surface area contributed by atoms with Gasteiger partial charge in [-0.05, 0) is 34.6 Å². The summed E-state index contributed by atoms with van der Waals surface area (Å²) in [5, 5.41) is 12.4. The second-order valence-corrected chi connectivity index (χ2v) is 6.78. The summed E-state index contributed by atoms with van der Waals surface area (Å²) in [6.07, 6.45) is 1.74. The van der Waals surface area contributed by atoms with Gasteiger partial charge in [-0.25, -0.2) is 0 Å². The van der Waals surface area contributed by atoms with E-state index in [4.69, 9.17) is 0 Å². The molecule has 2 heteroatoms. The van der Waals surface area contributed by atoms with Crippen molar-refractivity contribution in [3.63, 3.8) is 0 Å². The molecule has 0 unspecified atom stereocenters. The van der Waals surface area contributed by atoms with Crippen molar-refractivity contribution in [2.24, 2.45) is 4.99 Å². The minimum Gasteiger partial charge on any atom is -0.507 e. The molecular weight excluding hydrogens is 282 g/mol. The van der Waals surface area contributed by atoms with Crippen LogP contribution in [-0.2, 0) is 5.41 Å². The van der Waals surface area contributed by atoms with Crippen molar-refractivity contribution in [1.29, 1.82) is 0 Å². The first-order valence-corrected chi connectivity index (χ1v) is 7.80. The number of phenolic OH excluding ortho intramolecular Hbond substituents is 1. The zero-order valence-corrected chi connectivity index (χ0v) is 13.7. The number of hydrogen-bond acceptors (Lipinski definition) is 2. The van der Waals surface area contributed by atoms with Crippen LogP contribution in [0.5, 0.6) is 5.75 Å². The summed E-state index contributed by atoms with van der Waals surface area (Å²) in [7, 11) is 0. The van der Waals surface area contributed by atoms with Crippen molar-refractivity contribution in [3.8, 4) is 5.75 Å². The van der Waals surface area contributed by atoms with Gasteiger partial charge in [0.15, 0.2) is 0 Å². The summed E-state index contributed by atoms with van der Waals surface area (Å²) in [5.41, 5.74) is 2.86. The van der Waals surface area contributed by atoms with E-state index < -0.39 is 0 Å². The number of rotatable bonds is 2. The lowest BCUT2D eigenvalue weighted by Crippen LogP contribution is -2.11. The Balaban J connectivity index is 2.02. The molecule has 3 aromatic carbocycles. The molecule has 0 spiro atoms. The molecule has 0 amide bonds. The fourth-order valence-corrected chi connectivity index (χ4v) is 2.58. The Labute approximate surface area is 137 Å². The van der Waals surface area contributed by atoms with Gasteiger partial charge in [0, 0.05) is 17.2 Å². The first kappa shape index (κ1) is 15.3. The van der Waals surface area contributed by atoms with Crippen LogP contribution in [0.1, 0.15) is 31.9 Å². The smallest absolute Gasteiger partial charge is 0.124 e. The number of aliphatic imine (C=N–C) groups is 1. The third-order valence-electron chi connectivity index (χ3n) is 4.00. The third-order valence-corrected chi connectivity index (χ3v) is 4.00. The van der Waals surface area contributed by atoms with Crippen LogP contribution < -0.4 is 0 Å². The molecule has 0 fully saturated rings. The van der Waals surface area contributed by atoms with E-state index in [-0.39, 0.29) is 11.2 Å². The second kappa shape index (κ2) is 5.88. The van der Waals surface area contributed by atoms with Crippen molar-refractivity contribution in [2.75, 3.05) is 0 Å². The van der Waals surface area contributed by atoms with Gasteiger partial charge in [-0.2, -0.15) is 0 Å². The molecule has 116 valence electrons. The Kier molecular flexibility index (Phi) is 3.91. The van der Waals surface area contributed by atoms with Crippen LogP contribution in [0.25, 0.3) is 10.8 Å². The minimum atomic E-state index is 0.0374. The van der Waals surface area contributed by atoms with Crippen LogP contribution in [0.3, 0.4) is 0 Å². The van der Waals surface area contributed by atoms with Crippen LogP contribution >= 0.6 is 0 Å². The van der Waals surface area contributed by atoms with E-state index in [9.17, 15) is 5.11 Å². The molecule has 3 rings (SSSR count). The standard InChI is InChI=1S/C21H21NO/c1-21(2,3)17-11-12-20(23)16(13-17)14-22-19-10-6-8-15-7-4-5-9-18(15)19/h4-14,23H,1-3H3. The summed E-state index contributed by atoms with van der Waals surface area (Å²) >= 11 is 0. The summed E-state index contributed by atoms with van der Waals surface area (Å²) in [6, 6.07) is 19.9. The lowest BCUT2D eigenvalue weighted by molar-refractivity contribution is 0.473. The largest absolute Gasteiger partial charge is 0.507 e. The number of phenols is 1. The van der Waals surface area contributed by atoms with Gasteiger partial charge in [-0.15, -0.1) is 0 Å². The second-order valence-electron chi connectivity index (χ2n) is 6.78. The van der Waals surface area contributed by atoms with E-state index in [0.29, 0.717) is 0 Å². The maximum absolute atomic E-state index is 10.1. The molecule has 23 heavy (non-hydrogen) atoms. The first-order valence-electron chi connectivity index (χ1n) is 7.80. The third kappa shape index (κ3) is 3.26. The molecule has 0 saturated heterocycles. The van der Waals surface area contributed by atoms with Crippen molar-refractivity contribution < 1.29 is 5.11 Å². The van der Waals surface area contributed by atoms with E-state index in [2.05, 4.69) is 44.0 Å². The number of aromatic hydroxyl groups is 1. The fraction of sp³-hybridized carbons (Fsp3) is 0.190. The molecule has 0 bridgehead atoms. The fourth-order valence-electron chi connectivity index (χ4n) is 2.58. The summed E-state index contributed by atoms with van der Waals surface area (Å²) in [5.74, 6) is 0.252. The van der Waals surface area contributed by atoms with Gasteiger partial charge in [0.05, 0.1) is 5.69 Å². The van der Waals surface area contributed by atoms with Gasteiger partial charge in [0.1, 0.15) is 5.75 Å². The highest BCUT2D eigenvalue weighted by Gasteiger charge is 2.14. The van der Waals surface area contributed by atoms with Crippen LogP contribution in [0.15, 0.2) is 65.7 Å². The molecule has 0 aromatic heterocycles. The monoisotopic (exact) mass is 303 g/mol. The highest BCUT2D eigenvalue weighted by atomic mass is 16.3. The number of fused-ring (bicyclic) bond motifs is 1. The molecule has 1 N–H and O–H groups in total. The molecule has 2 nitrogen and oxygen atoms in total. The molecular formula is C21H21NO. The van der Waals surface area contributed by atoms with Gasteiger partial charge in [0.2, 0.25) is 0 Å². The van der Waals surface area contributed by atoms with Crippen LogP contribution in [0, 0.1) is 0 Å². The lowest BCUT2D eigenvalue weighted by Gasteiger charge is -2.19. The lowest BCUT2D eigenvalue weighted by atomic mass is 9.86. The van der Waals surface area contributed by atoms with Crippen LogP contribution in [-0.4, -0.2) is 11.3 Å². The van der Waals surface area contributed by atoms with Crippen molar-refractivity contribution in [2.45, 2.75) is 26.2 Å². The molecule has 3 aromatic rings. The van der Waals surface area contributed by atoms with Crippen molar-refractivity contribution >= 4 is 22.7 Å². The van der Waals surface area contributed by atoms with Gasteiger partial charge >= 0.3 is 0 Å². The normalized spacial score (nSPS) is 12.1. The summed E-state index contributed by atoms with van der Waals surface area (Å²) < 4.78 is 0. The van der Waals surface area contributed by atoms with E-state index >= 15 is 0 Å². The zero-order valence-electron chi connectivity index (χ0n) is 13.7. The average Bonchev–Trinajstić information content (AvgIpc) is 2.53. The molecule has 0 radical (unpaired) electrons. The molecule has 0 aliphatic heterocycles. The number of nitrogens with zero attached hydrogens (tertiary/aromatic N) is 1. The predicted molar refractivity (Wildman–Crippen MR) is 98.0 cm³/mol. The Morgan fingerprint density at radius 1 is 0.913 bits per heavy atom. The number of hydrogen-bond donors (Lipinski definition) is 1. The molecule has 0 heterocycles. The molecule has 0 saturated carbocycles. The van der Waals surface area contributed by atoms with E-state index in [0.717, 1.165) is 22.0 Å². The zero-order chi connectivity index (χ0) is 16.4. The quantitative estimate of drug-likeness (QED) is 0.615. The van der Waals surface area contributed by atoms with Crippen molar-refractivity contribution in [3.05, 3.63) is 71.8 Å². The minimum absolute atomic E-state index is 0.0374. The topological polar surface area (TPSA) is 32.6 Å². The van der Waals surface area contributed by atoms with Crippen LogP contribution in [0.4, 0.5) is 5.69 Å². The van der Waals surface area contributed by atoms with Gasteiger partial charge in [0.25, 0.3) is 0 Å². The van der Waals surface area contributed by atoms with Gasteiger partial charge in [-0.1, -0.05) is 63.2 Å². The molecule has 0 atom stereocenters. The Bertz CT molecular complexity index is 867. The number of benzene rings is 3. The Hall–Kier alpha value is -2.61. The van der Waals surface area contributed by atoms with E-state index in [1.165, 1.54) is 5.56 Å².